The predicted molar refractivity (Wildman–Crippen MR) is 309 cm³/mol. The topological polar surface area (TPSA) is 214 Å². The monoisotopic (exact) mass is 1530 g/mol. The van der Waals surface area contributed by atoms with Crippen LogP contribution in [-0.2, 0) is 52.7 Å². The van der Waals surface area contributed by atoms with Crippen molar-refractivity contribution in [1.82, 2.24) is 68.8 Å². The van der Waals surface area contributed by atoms with Crippen LogP contribution in [0.5, 0.6) is 0 Å². The van der Waals surface area contributed by atoms with Crippen molar-refractivity contribution >= 4 is 34.4 Å². The normalized spacial score (nSPS) is 11.3. The summed E-state index contributed by atoms with van der Waals surface area (Å²) < 4.78 is 3.57. The molecule has 12 heterocycles. The summed E-state index contributed by atoms with van der Waals surface area (Å²) in [5.41, 5.74) is 8.57. The Labute approximate surface area is 533 Å². The molecule has 2 radical (unpaired) electrons. The Bertz CT molecular complexity index is 3380. The molecular formula is C64H50Cl2N14O4Os2. The van der Waals surface area contributed by atoms with Crippen molar-refractivity contribution in [2.24, 2.45) is 0 Å². The Morgan fingerprint density at radius 3 is 0.640 bits per heavy atom. The van der Waals surface area contributed by atoms with Crippen LogP contribution in [0.1, 0.15) is 41.4 Å². The summed E-state index contributed by atoms with van der Waals surface area (Å²) in [6, 6.07) is 52.7. The number of imide groups is 2. The molecule has 2 aromatic carbocycles. The molecule has 0 aliphatic carbocycles. The van der Waals surface area contributed by atoms with Gasteiger partial charge in [0.25, 0.3) is 23.6 Å². The van der Waals surface area contributed by atoms with Gasteiger partial charge in [-0.15, -0.1) is 0 Å². The van der Waals surface area contributed by atoms with Crippen molar-refractivity contribution in [3.8, 4) is 45.6 Å². The van der Waals surface area contributed by atoms with Gasteiger partial charge in [-0.2, -0.15) is 0 Å². The first-order valence-corrected chi connectivity index (χ1v) is 25.9. The van der Waals surface area contributed by atoms with Gasteiger partial charge in [0.2, 0.25) is 0 Å². The van der Waals surface area contributed by atoms with Gasteiger partial charge in [0, 0.05) is 134 Å². The van der Waals surface area contributed by atoms with Crippen LogP contribution in [0.4, 0.5) is 0 Å². The van der Waals surface area contributed by atoms with E-state index in [1.165, 1.54) is 9.80 Å². The molecule has 430 valence electrons. The number of benzene rings is 2. The average Bonchev–Trinajstić information content (AvgIpc) is 0.794. The Morgan fingerprint density at radius 1 is 0.267 bits per heavy atom. The minimum atomic E-state index is -0.441. The molecule has 18 nitrogen and oxygen atoms in total. The van der Waals surface area contributed by atoms with Crippen molar-refractivity contribution in [2.75, 3.05) is 13.1 Å². The number of pyridine rings is 8. The summed E-state index contributed by atoms with van der Waals surface area (Å²) in [5.74, 6) is -1.76. The largest absolute Gasteiger partial charge is 1.00 e. The summed E-state index contributed by atoms with van der Waals surface area (Å²) in [7, 11) is 0. The molecule has 0 fully saturated rings. The van der Waals surface area contributed by atoms with Crippen molar-refractivity contribution in [3.05, 3.63) is 279 Å². The Morgan fingerprint density at radius 2 is 0.477 bits per heavy atom. The third kappa shape index (κ3) is 16.4. The SMILES string of the molecule is O=C1c2ccc3c4c(ccc(c24)C(=O)N1CCn1ccnc1)C(=O)N(CCn1ccnc1)C3=O.[Cl-].[Cl-].[Os+].[Os+].c1ccc(-c2ccccn2)nc1.c1ccc(-c2ccccn2)nc1.c1ccc(-c2ccccn2)nc1.c1ccc(-c2ccccn2)nc1. The summed E-state index contributed by atoms with van der Waals surface area (Å²) in [5, 5.41) is 0.750. The second-order valence-electron chi connectivity index (χ2n) is 17.9. The Hall–Kier alpha value is -9.55. The van der Waals surface area contributed by atoms with Crippen molar-refractivity contribution in [3.63, 3.8) is 0 Å². The van der Waals surface area contributed by atoms with Gasteiger partial charge < -0.3 is 33.9 Å². The number of halogens is 2. The first-order chi connectivity index (χ1) is 40.4. The third-order valence-corrected chi connectivity index (χ3v) is 12.7. The third-order valence-electron chi connectivity index (χ3n) is 12.7. The molecule has 2 aliphatic rings. The number of carbonyl (C=O) groups excluding carboxylic acids is 4. The van der Waals surface area contributed by atoms with E-state index in [0.717, 1.165) is 45.6 Å². The van der Waals surface area contributed by atoms with Gasteiger partial charge in [-0.05, 0) is 121 Å². The first-order valence-electron chi connectivity index (χ1n) is 25.9. The van der Waals surface area contributed by atoms with Gasteiger partial charge in [-0.25, -0.2) is 9.97 Å². The fourth-order valence-corrected chi connectivity index (χ4v) is 8.76. The molecule has 0 spiro atoms. The van der Waals surface area contributed by atoms with Crippen LogP contribution in [-0.4, -0.2) is 105 Å². The second-order valence-corrected chi connectivity index (χ2v) is 17.9. The molecule has 14 rings (SSSR count). The van der Waals surface area contributed by atoms with E-state index in [1.807, 2.05) is 146 Å². The van der Waals surface area contributed by atoms with Crippen LogP contribution in [0.3, 0.4) is 0 Å². The zero-order chi connectivity index (χ0) is 56.3. The van der Waals surface area contributed by atoms with Crippen LogP contribution in [0.15, 0.2) is 257 Å². The van der Waals surface area contributed by atoms with E-state index in [0.29, 0.717) is 46.1 Å². The minimum Gasteiger partial charge on any atom is -1.00 e. The maximum absolute atomic E-state index is 13.3. The predicted octanol–water partition coefficient (Wildman–Crippen LogP) is 4.40. The summed E-state index contributed by atoms with van der Waals surface area (Å²) in [6.07, 6.45) is 24.2. The standard InChI is InChI=1S/C24H18N6O4.4C10H8N2.2ClH.2Os/c31-21-15-1-2-16-20-18(24(34)30(22(16)32)12-10-28-8-6-26-14-28)4-3-17(19(15)20)23(33)29(21)11-9-27-7-5-25-13-27;4*1-3-7-11-9(5-1)10-6-2-4-8-12-10;;;;/h1-8,13-14H,9-12H2;4*1-8H;2*1H;;/q;;;;;;;2*+1/p-2. The molecule has 0 atom stereocenters. The fraction of sp³-hybridized carbons (Fsp3) is 0.0625. The van der Waals surface area contributed by atoms with Crippen molar-refractivity contribution in [2.45, 2.75) is 13.1 Å². The molecule has 0 bridgehead atoms. The zero-order valence-electron chi connectivity index (χ0n) is 45.4. The molecule has 0 saturated carbocycles. The summed E-state index contributed by atoms with van der Waals surface area (Å²) >= 11 is 0. The van der Waals surface area contributed by atoms with Crippen LogP contribution in [0.25, 0.3) is 56.3 Å². The molecule has 10 aromatic heterocycles. The quantitative estimate of drug-likeness (QED) is 0.174. The van der Waals surface area contributed by atoms with E-state index < -0.39 is 23.6 Å². The second kappa shape index (κ2) is 33.1. The van der Waals surface area contributed by atoms with Crippen LogP contribution in [0, 0.1) is 0 Å². The maximum Gasteiger partial charge on any atom is 1.00 e. The van der Waals surface area contributed by atoms with E-state index >= 15 is 0 Å². The summed E-state index contributed by atoms with van der Waals surface area (Å²) in [6.45, 7) is 1.18. The minimum absolute atomic E-state index is 0. The van der Waals surface area contributed by atoms with Gasteiger partial charge in [0.05, 0.1) is 58.2 Å². The number of nitrogens with zero attached hydrogens (tertiary/aromatic N) is 14. The van der Waals surface area contributed by atoms with E-state index in [9.17, 15) is 19.2 Å². The van der Waals surface area contributed by atoms with Gasteiger partial charge >= 0.3 is 39.6 Å². The van der Waals surface area contributed by atoms with Gasteiger partial charge in [0.1, 0.15) is 0 Å². The number of hydrogen-bond donors (Lipinski definition) is 0. The van der Waals surface area contributed by atoms with Crippen LogP contribution in [0.2, 0.25) is 0 Å². The molecule has 0 N–H and O–H groups in total. The maximum atomic E-state index is 13.3. The molecule has 22 heteroatoms. The zero-order valence-corrected chi connectivity index (χ0v) is 52.0. The molecule has 4 amide bonds. The molecule has 0 unspecified atom stereocenters. The fourth-order valence-electron chi connectivity index (χ4n) is 8.76. The van der Waals surface area contributed by atoms with E-state index in [1.54, 1.807) is 120 Å². The van der Waals surface area contributed by atoms with Gasteiger partial charge in [-0.1, -0.05) is 48.5 Å². The molecule has 12 aromatic rings. The smallest absolute Gasteiger partial charge is 1.00 e. The molecule has 2 aliphatic heterocycles. The number of carbonyl (C=O) groups is 4. The van der Waals surface area contributed by atoms with Gasteiger partial charge in [0.15, 0.2) is 0 Å². The Kier molecular flexibility index (Phi) is 25.2. The Balaban J connectivity index is 0.000000189. The van der Waals surface area contributed by atoms with Crippen molar-refractivity contribution < 1.29 is 83.6 Å². The van der Waals surface area contributed by atoms with Crippen molar-refractivity contribution in [1.29, 1.82) is 0 Å². The number of imidazole rings is 2. The van der Waals surface area contributed by atoms with E-state index in [-0.39, 0.29) is 77.5 Å². The van der Waals surface area contributed by atoms with Crippen LogP contribution < -0.4 is 24.8 Å². The molecule has 0 saturated heterocycles. The van der Waals surface area contributed by atoms with E-state index in [2.05, 4.69) is 49.8 Å². The number of rotatable bonds is 10. The number of hydrogen-bond acceptors (Lipinski definition) is 14. The van der Waals surface area contributed by atoms with Crippen LogP contribution >= 0.6 is 0 Å². The first kappa shape index (κ1) is 65.6. The van der Waals surface area contributed by atoms with Gasteiger partial charge in [-0.3, -0.25) is 68.8 Å². The number of amides is 4. The molecular weight excluding hydrogens is 1480 g/mol. The number of aromatic nitrogens is 12. The average molecular weight is 1530 g/mol. The molecule has 86 heavy (non-hydrogen) atoms. The van der Waals surface area contributed by atoms with E-state index in [4.69, 9.17) is 0 Å². The summed E-state index contributed by atoms with van der Waals surface area (Å²) in [4.78, 5) is 96.9.